The highest BCUT2D eigenvalue weighted by molar-refractivity contribution is 4.96. The molecule has 0 radical (unpaired) electrons. The van der Waals surface area contributed by atoms with E-state index in [0.717, 1.165) is 25.9 Å². The first kappa shape index (κ1) is 8.45. The predicted octanol–water partition coefficient (Wildman–Crippen LogP) is 0.803. The minimum atomic E-state index is -0.625. The highest BCUT2D eigenvalue weighted by Crippen LogP contribution is 2.46. The molecule has 0 aromatic rings. The summed E-state index contributed by atoms with van der Waals surface area (Å²) in [6.07, 6.45) is 2.30. The molecule has 0 aromatic heterocycles. The summed E-state index contributed by atoms with van der Waals surface area (Å²) in [5.41, 5.74) is 0.157. The number of hydrogen-bond acceptors (Lipinski definition) is 2. The van der Waals surface area contributed by atoms with Gasteiger partial charge in [-0.05, 0) is 19.3 Å². The SMILES string of the molecule is OCC1(CN2CC[C@@H](F)C2)CC1. The molecular formula is C9H16FNO. The number of likely N-dealkylation sites (tertiary alicyclic amines) is 1. The van der Waals surface area contributed by atoms with E-state index in [1.54, 1.807) is 0 Å². The monoisotopic (exact) mass is 173 g/mol. The highest BCUT2D eigenvalue weighted by Gasteiger charge is 2.44. The number of halogens is 1. The van der Waals surface area contributed by atoms with Gasteiger partial charge in [0.1, 0.15) is 6.17 Å². The lowest BCUT2D eigenvalue weighted by atomic mass is 10.1. The van der Waals surface area contributed by atoms with Gasteiger partial charge in [0.25, 0.3) is 0 Å². The van der Waals surface area contributed by atoms with E-state index in [1.165, 1.54) is 0 Å². The third kappa shape index (κ3) is 1.62. The lowest BCUT2D eigenvalue weighted by Gasteiger charge is -2.20. The van der Waals surface area contributed by atoms with Crippen LogP contribution in [0.25, 0.3) is 0 Å². The molecule has 1 atom stereocenters. The average Bonchev–Trinajstić information content (AvgIpc) is 2.71. The highest BCUT2D eigenvalue weighted by atomic mass is 19.1. The molecule has 0 unspecified atom stereocenters. The lowest BCUT2D eigenvalue weighted by Crippen LogP contribution is -2.30. The van der Waals surface area contributed by atoms with Gasteiger partial charge in [0.05, 0.1) is 0 Å². The zero-order valence-electron chi connectivity index (χ0n) is 7.30. The molecule has 70 valence electrons. The van der Waals surface area contributed by atoms with E-state index in [2.05, 4.69) is 4.90 Å². The summed E-state index contributed by atoms with van der Waals surface area (Å²) in [5, 5.41) is 9.06. The standard InChI is InChI=1S/C9H16FNO/c10-8-1-4-11(5-8)6-9(7-12)2-3-9/h8,12H,1-7H2/t8-/m1/s1. The van der Waals surface area contributed by atoms with Gasteiger partial charge in [0, 0.05) is 31.7 Å². The van der Waals surface area contributed by atoms with Crippen LogP contribution in [0.4, 0.5) is 4.39 Å². The second-order valence-corrected chi connectivity index (χ2v) is 4.28. The van der Waals surface area contributed by atoms with Crippen molar-refractivity contribution in [3.63, 3.8) is 0 Å². The zero-order chi connectivity index (χ0) is 8.60. The summed E-state index contributed by atoms with van der Waals surface area (Å²) in [5.74, 6) is 0. The quantitative estimate of drug-likeness (QED) is 0.682. The molecule has 0 spiro atoms. The molecule has 1 saturated carbocycles. The maximum Gasteiger partial charge on any atom is 0.114 e. The van der Waals surface area contributed by atoms with Crippen LogP contribution in [0.1, 0.15) is 19.3 Å². The fourth-order valence-corrected chi connectivity index (χ4v) is 1.95. The van der Waals surface area contributed by atoms with Crippen molar-refractivity contribution in [1.29, 1.82) is 0 Å². The molecule has 1 aliphatic carbocycles. The van der Waals surface area contributed by atoms with E-state index in [0.29, 0.717) is 13.0 Å². The molecular weight excluding hydrogens is 157 g/mol. The molecule has 1 heterocycles. The first-order valence-corrected chi connectivity index (χ1v) is 4.71. The van der Waals surface area contributed by atoms with Crippen molar-refractivity contribution in [2.24, 2.45) is 5.41 Å². The fourth-order valence-electron chi connectivity index (χ4n) is 1.95. The number of rotatable bonds is 3. The second-order valence-electron chi connectivity index (χ2n) is 4.28. The average molecular weight is 173 g/mol. The molecule has 12 heavy (non-hydrogen) atoms. The fraction of sp³-hybridized carbons (Fsp3) is 1.00. The molecule has 1 N–H and O–H groups in total. The maximum absolute atomic E-state index is 12.8. The summed E-state index contributed by atoms with van der Waals surface area (Å²) < 4.78 is 12.8. The molecule has 2 nitrogen and oxygen atoms in total. The summed E-state index contributed by atoms with van der Waals surface area (Å²) in [7, 11) is 0. The van der Waals surface area contributed by atoms with Gasteiger partial charge in [0.15, 0.2) is 0 Å². The van der Waals surface area contributed by atoms with Gasteiger partial charge in [-0.1, -0.05) is 0 Å². The molecule has 1 saturated heterocycles. The van der Waals surface area contributed by atoms with E-state index < -0.39 is 6.17 Å². The molecule has 2 rings (SSSR count). The van der Waals surface area contributed by atoms with E-state index in [1.807, 2.05) is 0 Å². The minimum absolute atomic E-state index is 0.157. The van der Waals surface area contributed by atoms with Crippen molar-refractivity contribution < 1.29 is 9.50 Å². The summed E-state index contributed by atoms with van der Waals surface area (Å²) in [6.45, 7) is 2.65. The number of aliphatic hydroxyl groups excluding tert-OH is 1. The van der Waals surface area contributed by atoms with Crippen LogP contribution in [0.2, 0.25) is 0 Å². The number of alkyl halides is 1. The normalized spacial score (nSPS) is 34.0. The van der Waals surface area contributed by atoms with Crippen molar-refractivity contribution in [3.8, 4) is 0 Å². The first-order valence-electron chi connectivity index (χ1n) is 4.71. The van der Waals surface area contributed by atoms with E-state index >= 15 is 0 Å². The van der Waals surface area contributed by atoms with Crippen molar-refractivity contribution in [2.75, 3.05) is 26.2 Å². The molecule has 2 aliphatic rings. The summed E-state index contributed by atoms with van der Waals surface area (Å²) in [4.78, 5) is 2.15. The Bertz CT molecular complexity index is 170. The third-order valence-corrected chi connectivity index (χ3v) is 3.07. The Balaban J connectivity index is 1.80. The predicted molar refractivity (Wildman–Crippen MR) is 44.7 cm³/mol. The summed E-state index contributed by atoms with van der Waals surface area (Å²) >= 11 is 0. The van der Waals surface area contributed by atoms with Gasteiger partial charge >= 0.3 is 0 Å². The number of nitrogens with zero attached hydrogens (tertiary/aromatic N) is 1. The van der Waals surface area contributed by atoms with Crippen LogP contribution in [-0.4, -0.2) is 42.4 Å². The Morgan fingerprint density at radius 2 is 2.25 bits per heavy atom. The van der Waals surface area contributed by atoms with Crippen LogP contribution < -0.4 is 0 Å². The first-order chi connectivity index (χ1) is 5.74. The summed E-state index contributed by atoms with van der Waals surface area (Å²) in [6, 6.07) is 0. The van der Waals surface area contributed by atoms with Gasteiger partial charge in [0.2, 0.25) is 0 Å². The van der Waals surface area contributed by atoms with Crippen molar-refractivity contribution in [3.05, 3.63) is 0 Å². The lowest BCUT2D eigenvalue weighted by molar-refractivity contribution is 0.158. The largest absolute Gasteiger partial charge is 0.396 e. The van der Waals surface area contributed by atoms with Gasteiger partial charge in [-0.3, -0.25) is 4.90 Å². The van der Waals surface area contributed by atoms with Gasteiger partial charge in [-0.15, -0.1) is 0 Å². The Kier molecular flexibility index (Phi) is 2.09. The van der Waals surface area contributed by atoms with Crippen LogP contribution in [0.15, 0.2) is 0 Å². The molecule has 0 amide bonds. The van der Waals surface area contributed by atoms with Gasteiger partial charge < -0.3 is 5.11 Å². The number of hydrogen-bond donors (Lipinski definition) is 1. The molecule has 3 heteroatoms. The molecule has 0 bridgehead atoms. The van der Waals surface area contributed by atoms with Gasteiger partial charge in [-0.25, -0.2) is 4.39 Å². The van der Waals surface area contributed by atoms with Crippen molar-refractivity contribution in [1.82, 2.24) is 4.90 Å². The minimum Gasteiger partial charge on any atom is -0.396 e. The molecule has 0 aromatic carbocycles. The Morgan fingerprint density at radius 1 is 1.50 bits per heavy atom. The second kappa shape index (κ2) is 2.96. The smallest absolute Gasteiger partial charge is 0.114 e. The number of aliphatic hydroxyl groups is 1. The van der Waals surface area contributed by atoms with Crippen LogP contribution >= 0.6 is 0 Å². The van der Waals surface area contributed by atoms with Crippen LogP contribution in [0.5, 0.6) is 0 Å². The molecule has 2 fully saturated rings. The van der Waals surface area contributed by atoms with Crippen molar-refractivity contribution in [2.45, 2.75) is 25.4 Å². The van der Waals surface area contributed by atoms with E-state index in [-0.39, 0.29) is 12.0 Å². The molecule has 1 aliphatic heterocycles. The van der Waals surface area contributed by atoms with Crippen LogP contribution in [0.3, 0.4) is 0 Å². The van der Waals surface area contributed by atoms with E-state index in [9.17, 15) is 4.39 Å². The topological polar surface area (TPSA) is 23.5 Å². The Hall–Kier alpha value is -0.150. The Morgan fingerprint density at radius 3 is 2.67 bits per heavy atom. The van der Waals surface area contributed by atoms with Crippen molar-refractivity contribution >= 4 is 0 Å². The Labute approximate surface area is 72.4 Å². The van der Waals surface area contributed by atoms with Gasteiger partial charge in [-0.2, -0.15) is 0 Å². The van der Waals surface area contributed by atoms with Crippen LogP contribution in [0, 0.1) is 5.41 Å². The maximum atomic E-state index is 12.8. The zero-order valence-corrected chi connectivity index (χ0v) is 7.30. The van der Waals surface area contributed by atoms with E-state index in [4.69, 9.17) is 5.11 Å². The third-order valence-electron chi connectivity index (χ3n) is 3.07. The van der Waals surface area contributed by atoms with Crippen LogP contribution in [-0.2, 0) is 0 Å².